The number of benzene rings is 2. The van der Waals surface area contributed by atoms with Crippen molar-refractivity contribution in [3.63, 3.8) is 0 Å². The highest BCUT2D eigenvalue weighted by Gasteiger charge is 2.35. The highest BCUT2D eigenvalue weighted by atomic mass is 32.2. The molecule has 1 fully saturated rings. The van der Waals surface area contributed by atoms with E-state index in [4.69, 9.17) is 0 Å². The zero-order chi connectivity index (χ0) is 22.0. The van der Waals surface area contributed by atoms with Crippen molar-refractivity contribution in [3.8, 4) is 11.3 Å². The number of carbonyl (C=O) groups is 2. The van der Waals surface area contributed by atoms with Gasteiger partial charge in [-0.2, -0.15) is 0 Å². The number of para-hydroxylation sites is 1. The van der Waals surface area contributed by atoms with E-state index in [0.717, 1.165) is 17.5 Å². The average molecular weight is 457 g/mol. The Morgan fingerprint density at radius 2 is 1.84 bits per heavy atom. The molecule has 1 aromatic heterocycles. The largest absolute Gasteiger partial charge is 0.312 e. The lowest BCUT2D eigenvalue weighted by Gasteiger charge is -2.16. The van der Waals surface area contributed by atoms with Crippen LogP contribution in [0.3, 0.4) is 0 Å². The maximum absolute atomic E-state index is 12.7. The minimum absolute atomic E-state index is 0.0750. The number of nitrogens with one attached hydrogen (secondary N) is 2. The molecular weight excluding hydrogens is 436 g/mol. The van der Waals surface area contributed by atoms with Gasteiger partial charge in [0.1, 0.15) is 0 Å². The first-order valence-electron chi connectivity index (χ1n) is 9.48. The second kappa shape index (κ2) is 8.48. The third kappa shape index (κ3) is 5.09. The summed E-state index contributed by atoms with van der Waals surface area (Å²) >= 11 is 1.29. The van der Waals surface area contributed by atoms with Crippen LogP contribution in [0.15, 0.2) is 60.0 Å². The predicted molar refractivity (Wildman–Crippen MR) is 122 cm³/mol. The maximum Gasteiger partial charge on any atom is 0.231 e. The first kappa shape index (κ1) is 21.0. The molecule has 160 valence electrons. The summed E-state index contributed by atoms with van der Waals surface area (Å²) in [6, 6.07) is 16.1. The van der Waals surface area contributed by atoms with E-state index in [1.807, 2.05) is 35.7 Å². The molecule has 10 heteroatoms. The van der Waals surface area contributed by atoms with Crippen molar-refractivity contribution in [3.05, 3.63) is 60.0 Å². The van der Waals surface area contributed by atoms with Crippen molar-refractivity contribution < 1.29 is 18.0 Å². The first-order valence-corrected chi connectivity index (χ1v) is 12.3. The fourth-order valence-electron chi connectivity index (χ4n) is 3.33. The van der Waals surface area contributed by atoms with Gasteiger partial charge in [-0.05, 0) is 24.3 Å². The molecule has 2 heterocycles. The molecule has 3 aromatic rings. The van der Waals surface area contributed by atoms with Gasteiger partial charge in [0.05, 0.1) is 17.9 Å². The van der Waals surface area contributed by atoms with Crippen molar-refractivity contribution in [1.82, 2.24) is 4.98 Å². The van der Waals surface area contributed by atoms with E-state index >= 15 is 0 Å². The summed E-state index contributed by atoms with van der Waals surface area (Å²) in [6.07, 6.45) is 1.25. The molecule has 0 aliphatic carbocycles. The van der Waals surface area contributed by atoms with Gasteiger partial charge in [0, 0.05) is 35.3 Å². The number of nitrogens with zero attached hydrogens (tertiary/aromatic N) is 2. The van der Waals surface area contributed by atoms with Gasteiger partial charge in [-0.1, -0.05) is 30.3 Å². The summed E-state index contributed by atoms with van der Waals surface area (Å²) < 4.78 is 25.0. The average Bonchev–Trinajstić information content (AvgIpc) is 3.35. The van der Waals surface area contributed by atoms with Gasteiger partial charge < -0.3 is 10.2 Å². The minimum Gasteiger partial charge on any atom is -0.312 e. The van der Waals surface area contributed by atoms with Crippen molar-refractivity contribution in [2.24, 2.45) is 5.92 Å². The Kier molecular flexibility index (Phi) is 5.75. The summed E-state index contributed by atoms with van der Waals surface area (Å²) in [5.74, 6) is -0.754. The molecule has 1 unspecified atom stereocenters. The molecule has 4 rings (SSSR count). The Balaban J connectivity index is 1.40. The number of rotatable bonds is 6. The number of hydrogen-bond acceptors (Lipinski definition) is 6. The van der Waals surface area contributed by atoms with Crippen LogP contribution in [0.2, 0.25) is 0 Å². The Morgan fingerprint density at radius 3 is 2.52 bits per heavy atom. The van der Waals surface area contributed by atoms with E-state index in [1.165, 1.54) is 11.3 Å². The Bertz CT molecular complexity index is 1210. The normalized spacial score (nSPS) is 16.4. The lowest BCUT2D eigenvalue weighted by atomic mass is 10.1. The van der Waals surface area contributed by atoms with E-state index in [0.29, 0.717) is 23.1 Å². The second-order valence-electron chi connectivity index (χ2n) is 7.22. The molecule has 2 N–H and O–H groups in total. The molecule has 0 spiro atoms. The van der Waals surface area contributed by atoms with Gasteiger partial charge in [-0.25, -0.2) is 13.4 Å². The summed E-state index contributed by atoms with van der Waals surface area (Å²) in [5, 5.41) is 5.07. The topological polar surface area (TPSA) is 108 Å². The molecule has 2 aromatic carbocycles. The van der Waals surface area contributed by atoms with E-state index < -0.39 is 15.9 Å². The van der Waals surface area contributed by atoms with E-state index in [-0.39, 0.29) is 18.2 Å². The van der Waals surface area contributed by atoms with Gasteiger partial charge in [-0.15, -0.1) is 11.3 Å². The highest BCUT2D eigenvalue weighted by Crippen LogP contribution is 2.29. The molecule has 1 saturated heterocycles. The molecule has 1 aliphatic rings. The number of thiazole rings is 1. The van der Waals surface area contributed by atoms with Crippen molar-refractivity contribution in [1.29, 1.82) is 0 Å². The van der Waals surface area contributed by atoms with Crippen molar-refractivity contribution in [2.45, 2.75) is 6.42 Å². The number of carbonyl (C=O) groups excluding carboxylic acids is 2. The lowest BCUT2D eigenvalue weighted by molar-refractivity contribution is -0.122. The Labute approximate surface area is 184 Å². The van der Waals surface area contributed by atoms with Crippen LogP contribution in [0.4, 0.5) is 16.5 Å². The van der Waals surface area contributed by atoms with Crippen LogP contribution >= 0.6 is 11.3 Å². The summed E-state index contributed by atoms with van der Waals surface area (Å²) in [4.78, 5) is 31.1. The van der Waals surface area contributed by atoms with Crippen LogP contribution in [-0.2, 0) is 19.6 Å². The number of sulfonamides is 1. The highest BCUT2D eigenvalue weighted by molar-refractivity contribution is 7.92. The zero-order valence-corrected chi connectivity index (χ0v) is 18.2. The summed E-state index contributed by atoms with van der Waals surface area (Å²) in [6.45, 7) is 0.335. The number of amides is 2. The van der Waals surface area contributed by atoms with Gasteiger partial charge in [0.15, 0.2) is 5.13 Å². The number of hydrogen-bond donors (Lipinski definition) is 2. The summed E-state index contributed by atoms with van der Waals surface area (Å²) in [5.41, 5.74) is 2.71. The van der Waals surface area contributed by atoms with Gasteiger partial charge in [0.2, 0.25) is 21.8 Å². The van der Waals surface area contributed by atoms with Gasteiger partial charge in [-0.3, -0.25) is 14.3 Å². The lowest BCUT2D eigenvalue weighted by Crippen LogP contribution is -2.28. The fourth-order valence-corrected chi connectivity index (χ4v) is 4.62. The quantitative estimate of drug-likeness (QED) is 0.592. The van der Waals surface area contributed by atoms with Crippen LogP contribution in [0.5, 0.6) is 0 Å². The standard InChI is InChI=1S/C21H20N4O4S2/c1-31(28,29)24-16-9-7-14(8-10-16)18-13-30-21(22-18)23-20(27)15-11-19(26)25(12-15)17-5-3-2-4-6-17/h2-10,13,15,24H,11-12H2,1H3,(H,22,23,27). The van der Waals surface area contributed by atoms with Crippen LogP contribution in [0, 0.1) is 5.92 Å². The predicted octanol–water partition coefficient (Wildman–Crippen LogP) is 3.17. The third-order valence-electron chi connectivity index (χ3n) is 4.78. The van der Waals surface area contributed by atoms with Crippen LogP contribution in [0.1, 0.15) is 6.42 Å². The molecule has 0 radical (unpaired) electrons. The van der Waals surface area contributed by atoms with Crippen molar-refractivity contribution in [2.75, 3.05) is 27.7 Å². The molecule has 2 amide bonds. The summed E-state index contributed by atoms with van der Waals surface area (Å²) in [7, 11) is -3.34. The minimum atomic E-state index is -3.34. The van der Waals surface area contributed by atoms with Gasteiger partial charge >= 0.3 is 0 Å². The molecule has 0 saturated carbocycles. The molecule has 8 nitrogen and oxygen atoms in total. The second-order valence-corrected chi connectivity index (χ2v) is 9.83. The smallest absolute Gasteiger partial charge is 0.231 e. The fraction of sp³-hybridized carbons (Fsp3) is 0.190. The molecule has 0 bridgehead atoms. The Morgan fingerprint density at radius 1 is 1.13 bits per heavy atom. The Hall–Kier alpha value is -3.24. The zero-order valence-electron chi connectivity index (χ0n) is 16.6. The van der Waals surface area contributed by atoms with E-state index in [9.17, 15) is 18.0 Å². The SMILES string of the molecule is CS(=O)(=O)Nc1ccc(-c2csc(NC(=O)C3CC(=O)N(c4ccccc4)C3)n2)cc1. The van der Waals surface area contributed by atoms with Gasteiger partial charge in [0.25, 0.3) is 0 Å². The molecule has 31 heavy (non-hydrogen) atoms. The van der Waals surface area contributed by atoms with Crippen LogP contribution in [-0.4, -0.2) is 38.0 Å². The van der Waals surface area contributed by atoms with E-state index in [1.54, 1.807) is 29.2 Å². The van der Waals surface area contributed by atoms with Crippen LogP contribution in [0.25, 0.3) is 11.3 Å². The molecule has 1 atom stereocenters. The molecular formula is C21H20N4O4S2. The first-order chi connectivity index (χ1) is 14.8. The van der Waals surface area contributed by atoms with Crippen molar-refractivity contribution >= 4 is 49.7 Å². The molecule has 1 aliphatic heterocycles. The van der Waals surface area contributed by atoms with E-state index in [2.05, 4.69) is 15.0 Å². The van der Waals surface area contributed by atoms with Crippen LogP contribution < -0.4 is 14.9 Å². The number of anilines is 3. The maximum atomic E-state index is 12.7. The number of aromatic nitrogens is 1. The third-order valence-corrected chi connectivity index (χ3v) is 6.15. The monoisotopic (exact) mass is 456 g/mol.